The largest absolute Gasteiger partial charge is 0.490 e. The van der Waals surface area contributed by atoms with Crippen molar-refractivity contribution in [1.82, 2.24) is 40.7 Å². The molecule has 1 aromatic carbocycles. The number of nitrogens with zero attached hydrogens (tertiary/aromatic N) is 4. The number of allylic oxidation sites excluding steroid dienone is 1. The van der Waals surface area contributed by atoms with Crippen molar-refractivity contribution in [1.29, 1.82) is 0 Å². The van der Waals surface area contributed by atoms with Gasteiger partial charge in [0.25, 0.3) is 5.56 Å². The number of aromatic nitrogens is 3. The van der Waals surface area contributed by atoms with Crippen molar-refractivity contribution in [2.75, 3.05) is 20.2 Å². The Hall–Kier alpha value is -4.88. The summed E-state index contributed by atoms with van der Waals surface area (Å²) in [7, 11) is -4.90. The zero-order chi connectivity index (χ0) is 36.9. The second-order valence-corrected chi connectivity index (χ2v) is 12.8. The van der Waals surface area contributed by atoms with E-state index in [0.717, 1.165) is 16.2 Å². The van der Waals surface area contributed by atoms with Crippen LogP contribution in [0.4, 0.5) is 0 Å². The number of phosphoric ester groups is 1. The second-order valence-electron chi connectivity index (χ2n) is 11.6. The van der Waals surface area contributed by atoms with Crippen LogP contribution in [0.5, 0.6) is 0 Å². The van der Waals surface area contributed by atoms with Gasteiger partial charge in [-0.15, -0.1) is 5.12 Å². The van der Waals surface area contributed by atoms with Crippen LogP contribution in [-0.4, -0.2) is 101 Å². The fraction of sp³-hybridized carbons (Fsp3) is 0.345. The number of rotatable bonds is 12. The quantitative estimate of drug-likeness (QED) is 0.0380. The van der Waals surface area contributed by atoms with Crippen LogP contribution in [0.3, 0.4) is 0 Å². The van der Waals surface area contributed by atoms with E-state index < -0.39 is 57.1 Å². The molecule has 9 N–H and O–H groups in total. The number of H-pyrrole nitrogens is 1. The summed E-state index contributed by atoms with van der Waals surface area (Å²) in [5, 5.41) is 34.0. The van der Waals surface area contributed by atoms with E-state index in [0.29, 0.717) is 16.9 Å². The molecule has 2 amide bonds. The van der Waals surface area contributed by atoms with Crippen LogP contribution in [0.2, 0.25) is 0 Å². The van der Waals surface area contributed by atoms with E-state index in [4.69, 9.17) is 14.5 Å². The number of carbonyl (C=O) groups excluding carboxylic acids is 2. The fourth-order valence-corrected chi connectivity index (χ4v) is 5.52. The van der Waals surface area contributed by atoms with E-state index in [1.165, 1.54) is 10.0 Å². The number of carbonyl (C=O) groups is 2. The van der Waals surface area contributed by atoms with Gasteiger partial charge in [0.15, 0.2) is 0 Å². The van der Waals surface area contributed by atoms with E-state index in [9.17, 15) is 38.9 Å². The van der Waals surface area contributed by atoms with Gasteiger partial charge in [0.05, 0.1) is 30.5 Å². The first kappa shape index (κ1) is 37.4. The summed E-state index contributed by atoms with van der Waals surface area (Å²) in [5.41, 5.74) is 5.80. The minimum absolute atomic E-state index is 0.0171. The predicted molar refractivity (Wildman–Crippen MR) is 177 cm³/mol. The van der Waals surface area contributed by atoms with Crippen LogP contribution >= 0.6 is 7.82 Å². The van der Waals surface area contributed by atoms with Gasteiger partial charge in [-0.1, -0.05) is 24.3 Å². The van der Waals surface area contributed by atoms with Gasteiger partial charge in [0.2, 0.25) is 11.8 Å². The van der Waals surface area contributed by atoms with E-state index in [-0.39, 0.29) is 49.3 Å². The molecule has 3 aromatic rings. The van der Waals surface area contributed by atoms with Crippen LogP contribution in [0.25, 0.3) is 10.9 Å². The van der Waals surface area contributed by atoms with Crippen LogP contribution in [0, 0.1) is 12.0 Å². The molecule has 4 heterocycles. The monoisotopic (exact) mass is 728 g/mol. The average Bonchev–Trinajstić information content (AvgIpc) is 3.68. The number of para-hydroxylation sites is 1. The highest BCUT2D eigenvalue weighted by Crippen LogP contribution is 2.38. The highest BCUT2D eigenvalue weighted by molar-refractivity contribution is 7.46. The minimum Gasteiger partial charge on any atom is -0.423 e. The second kappa shape index (κ2) is 16.0. The molecule has 0 radical (unpaired) electrons. The summed E-state index contributed by atoms with van der Waals surface area (Å²) in [5.74, 6) is 1.70. The maximum atomic E-state index is 12.9. The summed E-state index contributed by atoms with van der Waals surface area (Å²) >= 11 is 0. The summed E-state index contributed by atoms with van der Waals surface area (Å²) in [6, 6.07) is 11.0. The van der Waals surface area contributed by atoms with Crippen molar-refractivity contribution in [3.8, 4) is 12.0 Å². The van der Waals surface area contributed by atoms with Gasteiger partial charge < -0.3 is 45.4 Å². The standard InChI is InChI=1S/C29H34BN8O12P/c1-36(14-20-6-5-17-3-2-4-21(30(44)45)27(17)33-20)25(41)15-38-32-12-19(35-38)7-8-24(40)31-10-9-18-13-37(29(43)34-28(18)42)26-11-22(39)23(50-26)16-49-51(46,47)48/h2-6,12-13,22-23,26,32,35,39,44-45H,7-8,11,14-16H2,1H3,(H,31,40)(H,34,42,43)(H2,46,47,48)/t22-,23+,26?/m0/s1. The number of amides is 2. The van der Waals surface area contributed by atoms with E-state index in [1.54, 1.807) is 43.6 Å². The van der Waals surface area contributed by atoms with Crippen molar-refractivity contribution >= 4 is 43.1 Å². The van der Waals surface area contributed by atoms with Crippen molar-refractivity contribution in [3.63, 3.8) is 0 Å². The Morgan fingerprint density at radius 1 is 1.24 bits per heavy atom. The average molecular weight is 728 g/mol. The smallest absolute Gasteiger partial charge is 0.423 e. The first-order valence-electron chi connectivity index (χ1n) is 15.3. The molecule has 5 rings (SSSR count). The Morgan fingerprint density at radius 2 is 2.02 bits per heavy atom. The molecule has 1 unspecified atom stereocenters. The Balaban J connectivity index is 1.07. The number of phosphoric acid groups is 1. The number of pyridine rings is 1. The number of hydrogen-bond acceptors (Lipinski definition) is 14. The van der Waals surface area contributed by atoms with Gasteiger partial charge in [-0.2, -0.15) is 0 Å². The Kier molecular flexibility index (Phi) is 11.7. The molecule has 22 heteroatoms. The Morgan fingerprint density at radius 3 is 2.76 bits per heavy atom. The molecule has 270 valence electrons. The number of likely N-dealkylation sites (N-methyl/N-ethyl adjacent to an activating group) is 1. The third-order valence-electron chi connectivity index (χ3n) is 7.79. The topological polar surface area (TPSA) is 281 Å². The molecule has 2 aromatic heterocycles. The molecule has 1 saturated heterocycles. The van der Waals surface area contributed by atoms with Crippen molar-refractivity contribution in [3.05, 3.63) is 80.5 Å². The lowest BCUT2D eigenvalue weighted by Crippen LogP contribution is -2.46. The molecular weight excluding hydrogens is 694 g/mol. The van der Waals surface area contributed by atoms with E-state index in [1.807, 2.05) is 0 Å². The number of ether oxygens (including phenoxy) is 1. The molecule has 2 aliphatic heterocycles. The predicted octanol–water partition coefficient (Wildman–Crippen LogP) is -3.45. The van der Waals surface area contributed by atoms with Gasteiger partial charge in [-0.05, 0) is 23.8 Å². The normalized spacial score (nSPS) is 18.7. The molecule has 0 bridgehead atoms. The molecule has 51 heavy (non-hydrogen) atoms. The first-order chi connectivity index (χ1) is 24.2. The number of aromatic amines is 1. The zero-order valence-electron chi connectivity index (χ0n) is 26.9. The molecule has 0 spiro atoms. The number of hydrogen-bond donors (Lipinski definition) is 9. The van der Waals surface area contributed by atoms with Crippen LogP contribution in [0.1, 0.15) is 36.7 Å². The fourth-order valence-electron chi connectivity index (χ4n) is 5.17. The van der Waals surface area contributed by atoms with Crippen molar-refractivity contribution < 1.29 is 48.4 Å². The lowest BCUT2D eigenvalue weighted by Gasteiger charge is -2.22. The third kappa shape index (κ3) is 9.89. The summed E-state index contributed by atoms with van der Waals surface area (Å²) < 4.78 is 21.8. The Labute approximate surface area is 289 Å². The molecule has 2 aliphatic rings. The van der Waals surface area contributed by atoms with Gasteiger partial charge >= 0.3 is 20.6 Å². The van der Waals surface area contributed by atoms with Gasteiger partial charge in [0, 0.05) is 49.5 Å². The lowest BCUT2D eigenvalue weighted by molar-refractivity contribution is -0.132. The maximum absolute atomic E-state index is 12.9. The summed E-state index contributed by atoms with van der Waals surface area (Å²) in [6.45, 7) is -0.547. The number of hydrazine groups is 2. The summed E-state index contributed by atoms with van der Waals surface area (Å²) in [6.07, 6.45) is -0.729. The minimum atomic E-state index is -4.82. The number of aliphatic hydroxyl groups is 1. The first-order valence-corrected chi connectivity index (χ1v) is 16.9. The zero-order valence-corrected chi connectivity index (χ0v) is 27.8. The maximum Gasteiger partial charge on any atom is 0.490 e. The molecular formula is C29H34BN8O12P. The van der Waals surface area contributed by atoms with Gasteiger partial charge in [-0.3, -0.25) is 38.8 Å². The lowest BCUT2D eigenvalue weighted by atomic mass is 9.79. The molecule has 1 fully saturated rings. The van der Waals surface area contributed by atoms with E-state index >= 15 is 0 Å². The molecule has 0 saturated carbocycles. The van der Waals surface area contributed by atoms with Gasteiger partial charge in [-0.25, -0.2) is 9.36 Å². The van der Waals surface area contributed by atoms with Crippen molar-refractivity contribution in [2.24, 2.45) is 0 Å². The molecule has 3 atom stereocenters. The number of fused-ring (bicyclic) bond motifs is 1. The number of nitrogens with one attached hydrogen (secondary N) is 4. The summed E-state index contributed by atoms with van der Waals surface area (Å²) in [4.78, 5) is 75.7. The van der Waals surface area contributed by atoms with Crippen LogP contribution in [-0.2, 0) is 30.0 Å². The third-order valence-corrected chi connectivity index (χ3v) is 8.27. The SMILES string of the molecule is CN(Cc1ccc2cccc(B(O)O)c2n1)C(=O)CN1NC=C(CCC(=O)NC#Cc2cn(C3C[C@H](O)[C@@H](COP(=O)(O)O)O3)c(=O)[nH]c2=O)N1. The van der Waals surface area contributed by atoms with Crippen LogP contribution in [0.15, 0.2) is 58.0 Å². The van der Waals surface area contributed by atoms with Gasteiger partial charge in [0.1, 0.15) is 24.4 Å². The Bertz CT molecular complexity index is 2060. The van der Waals surface area contributed by atoms with Crippen molar-refractivity contribution in [2.45, 2.75) is 44.2 Å². The highest BCUT2D eigenvalue weighted by Gasteiger charge is 2.37. The molecule has 20 nitrogen and oxygen atoms in total. The van der Waals surface area contributed by atoms with E-state index in [2.05, 4.69) is 42.6 Å². The highest BCUT2D eigenvalue weighted by atomic mass is 31.2. The van der Waals surface area contributed by atoms with Crippen LogP contribution < -0.4 is 32.9 Å². The molecule has 0 aliphatic carbocycles. The number of benzene rings is 1. The number of aliphatic hydroxyl groups excluding tert-OH is 1.